The summed E-state index contributed by atoms with van der Waals surface area (Å²) in [5.74, 6) is -0.256. The van der Waals surface area contributed by atoms with Gasteiger partial charge in [-0.2, -0.15) is 0 Å². The van der Waals surface area contributed by atoms with Gasteiger partial charge in [0.2, 0.25) is 0 Å². The van der Waals surface area contributed by atoms with E-state index in [0.717, 1.165) is 59.6 Å². The molecule has 3 heterocycles. The first kappa shape index (κ1) is 20.4. The van der Waals surface area contributed by atoms with Crippen LogP contribution in [-0.2, 0) is 0 Å². The van der Waals surface area contributed by atoms with Crippen molar-refractivity contribution in [2.24, 2.45) is 0 Å². The maximum Gasteiger partial charge on any atom is 0.123 e. The maximum atomic E-state index is 13.6. The van der Waals surface area contributed by atoms with Gasteiger partial charge in [0.1, 0.15) is 5.82 Å². The predicted molar refractivity (Wildman–Crippen MR) is 126 cm³/mol. The van der Waals surface area contributed by atoms with Gasteiger partial charge in [0, 0.05) is 53.9 Å². The Labute approximate surface area is 185 Å². The molecule has 0 amide bonds. The summed E-state index contributed by atoms with van der Waals surface area (Å²) in [6, 6.07) is 15.4. The molecular formula is C25H26FN3OS. The molecule has 1 atom stereocenters. The molecule has 0 bridgehead atoms. The van der Waals surface area contributed by atoms with E-state index >= 15 is 0 Å². The number of nitrogens with zero attached hydrogens (tertiary/aromatic N) is 3. The number of aryl methyl sites for hydroxylation is 1. The first-order valence-corrected chi connectivity index (χ1v) is 11.6. The summed E-state index contributed by atoms with van der Waals surface area (Å²) in [5, 5.41) is 14.7. The Bertz CT molecular complexity index is 1220. The van der Waals surface area contributed by atoms with E-state index < -0.39 is 6.10 Å². The third-order valence-electron chi connectivity index (χ3n) is 6.19. The molecule has 5 rings (SSSR count). The predicted octanol–water partition coefficient (Wildman–Crippen LogP) is 5.14. The summed E-state index contributed by atoms with van der Waals surface area (Å²) in [5.41, 5.74) is 4.15. The fourth-order valence-electron chi connectivity index (χ4n) is 4.44. The molecule has 4 aromatic rings. The van der Waals surface area contributed by atoms with Crippen LogP contribution in [0.3, 0.4) is 0 Å². The van der Waals surface area contributed by atoms with Crippen molar-refractivity contribution in [2.45, 2.75) is 19.4 Å². The molecule has 0 saturated carbocycles. The van der Waals surface area contributed by atoms with E-state index in [0.29, 0.717) is 6.42 Å². The van der Waals surface area contributed by atoms with Crippen molar-refractivity contribution in [3.63, 3.8) is 0 Å². The molecule has 2 aromatic heterocycles. The molecule has 6 heteroatoms. The lowest BCUT2D eigenvalue weighted by atomic mass is 10.0. The topological polar surface area (TPSA) is 39.6 Å². The van der Waals surface area contributed by atoms with Crippen LogP contribution in [0.2, 0.25) is 0 Å². The normalized spacial score (nSPS) is 16.3. The number of aliphatic hydroxyl groups is 1. The Morgan fingerprint density at radius 3 is 2.77 bits per heavy atom. The van der Waals surface area contributed by atoms with Crippen molar-refractivity contribution < 1.29 is 9.50 Å². The number of aromatic nitrogens is 1. The average molecular weight is 436 g/mol. The Kier molecular flexibility index (Phi) is 5.61. The second kappa shape index (κ2) is 8.54. The Hall–Kier alpha value is -2.54. The fourth-order valence-corrected chi connectivity index (χ4v) is 5.42. The highest BCUT2D eigenvalue weighted by atomic mass is 32.1. The zero-order valence-electron chi connectivity index (χ0n) is 17.6. The number of fused-ring (bicyclic) bond motifs is 2. The monoisotopic (exact) mass is 435 g/mol. The minimum absolute atomic E-state index is 0.256. The number of halogens is 1. The van der Waals surface area contributed by atoms with Gasteiger partial charge in [-0.1, -0.05) is 18.2 Å². The summed E-state index contributed by atoms with van der Waals surface area (Å²) in [6.45, 7) is 6.65. The van der Waals surface area contributed by atoms with Gasteiger partial charge in [0.15, 0.2) is 0 Å². The van der Waals surface area contributed by atoms with Crippen molar-refractivity contribution >= 4 is 38.0 Å². The van der Waals surface area contributed by atoms with E-state index in [2.05, 4.69) is 40.1 Å². The van der Waals surface area contributed by atoms with Crippen LogP contribution < -0.4 is 4.90 Å². The highest BCUT2D eigenvalue weighted by Crippen LogP contribution is 2.32. The van der Waals surface area contributed by atoms with Gasteiger partial charge in [0.25, 0.3) is 0 Å². The van der Waals surface area contributed by atoms with Crippen LogP contribution in [0, 0.1) is 12.7 Å². The maximum absolute atomic E-state index is 13.6. The second-order valence-electron chi connectivity index (χ2n) is 8.27. The number of pyridine rings is 1. The molecule has 1 saturated heterocycles. The third kappa shape index (κ3) is 4.15. The molecule has 1 N–H and O–H groups in total. The van der Waals surface area contributed by atoms with Crippen molar-refractivity contribution in [1.82, 2.24) is 9.88 Å². The van der Waals surface area contributed by atoms with Crippen molar-refractivity contribution in [2.75, 3.05) is 37.6 Å². The van der Waals surface area contributed by atoms with Crippen LogP contribution in [-0.4, -0.2) is 47.7 Å². The Morgan fingerprint density at radius 2 is 1.94 bits per heavy atom. The number of hydrogen-bond acceptors (Lipinski definition) is 5. The standard InChI is InChI=1S/C25H26FN3OS/c1-17-5-6-18-3-2-4-22(25(18)27-17)29-13-11-28(12-14-29)10-9-23(30)21-16-31-24-8-7-19(26)15-20(21)24/h2-8,15-16,23,30H,9-14H2,1H3. The summed E-state index contributed by atoms with van der Waals surface area (Å²) in [7, 11) is 0. The van der Waals surface area contributed by atoms with E-state index in [4.69, 9.17) is 4.98 Å². The number of benzene rings is 2. The van der Waals surface area contributed by atoms with E-state index in [1.165, 1.54) is 23.2 Å². The number of rotatable bonds is 5. The highest BCUT2D eigenvalue weighted by molar-refractivity contribution is 7.17. The quantitative estimate of drug-likeness (QED) is 0.471. The summed E-state index contributed by atoms with van der Waals surface area (Å²) >= 11 is 1.56. The minimum Gasteiger partial charge on any atom is -0.388 e. The summed E-state index contributed by atoms with van der Waals surface area (Å²) in [4.78, 5) is 9.59. The lowest BCUT2D eigenvalue weighted by Gasteiger charge is -2.36. The summed E-state index contributed by atoms with van der Waals surface area (Å²) < 4.78 is 14.7. The zero-order chi connectivity index (χ0) is 21.4. The van der Waals surface area contributed by atoms with Crippen molar-refractivity contribution in [3.05, 3.63) is 71.0 Å². The Balaban J connectivity index is 1.21. The fraction of sp³-hybridized carbons (Fsp3) is 0.320. The van der Waals surface area contributed by atoms with Gasteiger partial charge in [0.05, 0.1) is 17.3 Å². The van der Waals surface area contributed by atoms with E-state index in [9.17, 15) is 9.50 Å². The van der Waals surface area contributed by atoms with Gasteiger partial charge in [-0.3, -0.25) is 9.88 Å². The van der Waals surface area contributed by atoms with Crippen molar-refractivity contribution in [3.8, 4) is 0 Å². The lowest BCUT2D eigenvalue weighted by Crippen LogP contribution is -2.46. The van der Waals surface area contributed by atoms with Gasteiger partial charge in [-0.05, 0) is 54.6 Å². The van der Waals surface area contributed by atoms with E-state index in [-0.39, 0.29) is 5.82 Å². The minimum atomic E-state index is -0.571. The summed E-state index contributed by atoms with van der Waals surface area (Å²) in [6.07, 6.45) is 0.0796. The Morgan fingerprint density at radius 1 is 1.10 bits per heavy atom. The van der Waals surface area contributed by atoms with Gasteiger partial charge < -0.3 is 10.0 Å². The molecule has 160 valence electrons. The van der Waals surface area contributed by atoms with Crippen molar-refractivity contribution in [1.29, 1.82) is 0 Å². The van der Waals surface area contributed by atoms with Crippen LogP contribution in [0.25, 0.3) is 21.0 Å². The van der Waals surface area contributed by atoms with E-state index in [1.54, 1.807) is 17.4 Å². The third-order valence-corrected chi connectivity index (χ3v) is 7.18. The first-order valence-electron chi connectivity index (χ1n) is 10.8. The molecule has 4 nitrogen and oxygen atoms in total. The number of piperazine rings is 1. The van der Waals surface area contributed by atoms with Gasteiger partial charge in [-0.25, -0.2) is 4.39 Å². The van der Waals surface area contributed by atoms with Gasteiger partial charge >= 0.3 is 0 Å². The smallest absolute Gasteiger partial charge is 0.123 e. The molecule has 31 heavy (non-hydrogen) atoms. The van der Waals surface area contributed by atoms with Crippen LogP contribution in [0.1, 0.15) is 23.8 Å². The average Bonchev–Trinajstić information content (AvgIpc) is 3.20. The molecule has 0 radical (unpaired) electrons. The zero-order valence-corrected chi connectivity index (χ0v) is 18.4. The molecular weight excluding hydrogens is 409 g/mol. The number of para-hydroxylation sites is 1. The van der Waals surface area contributed by atoms with Gasteiger partial charge in [-0.15, -0.1) is 11.3 Å². The molecule has 0 spiro atoms. The molecule has 1 unspecified atom stereocenters. The van der Waals surface area contributed by atoms with Crippen LogP contribution in [0.5, 0.6) is 0 Å². The van der Waals surface area contributed by atoms with Crippen LogP contribution in [0.4, 0.5) is 10.1 Å². The lowest BCUT2D eigenvalue weighted by molar-refractivity contribution is 0.141. The SMILES string of the molecule is Cc1ccc2cccc(N3CCN(CCC(O)c4csc5ccc(F)cc45)CC3)c2n1. The number of thiophene rings is 1. The molecule has 0 aliphatic carbocycles. The van der Waals surface area contributed by atoms with Crippen LogP contribution >= 0.6 is 11.3 Å². The van der Waals surface area contributed by atoms with Crippen LogP contribution in [0.15, 0.2) is 53.9 Å². The number of aliphatic hydroxyl groups excluding tert-OH is 1. The largest absolute Gasteiger partial charge is 0.388 e. The molecule has 1 aliphatic heterocycles. The van der Waals surface area contributed by atoms with E-state index in [1.807, 2.05) is 12.3 Å². The molecule has 2 aromatic carbocycles. The first-order chi connectivity index (χ1) is 15.1. The highest BCUT2D eigenvalue weighted by Gasteiger charge is 2.21. The number of hydrogen-bond donors (Lipinski definition) is 1. The second-order valence-corrected chi connectivity index (χ2v) is 9.18. The molecule has 1 aliphatic rings. The molecule has 1 fully saturated rings. The number of anilines is 1.